The lowest BCUT2D eigenvalue weighted by molar-refractivity contribution is 1.05. The van der Waals surface area contributed by atoms with E-state index in [9.17, 15) is 0 Å². The van der Waals surface area contributed by atoms with E-state index >= 15 is 0 Å². The Morgan fingerprint density at radius 2 is 2.42 bits per heavy atom. The van der Waals surface area contributed by atoms with Crippen molar-refractivity contribution in [1.29, 1.82) is 0 Å². The Morgan fingerprint density at radius 1 is 1.58 bits per heavy atom. The van der Waals surface area contributed by atoms with Crippen LogP contribution in [0.1, 0.15) is 12.6 Å². The summed E-state index contributed by atoms with van der Waals surface area (Å²) in [6.07, 6.45) is 6.33. The summed E-state index contributed by atoms with van der Waals surface area (Å²) in [6, 6.07) is 0. The lowest BCUT2D eigenvalue weighted by Crippen LogP contribution is -1.84. The van der Waals surface area contributed by atoms with Gasteiger partial charge in [0.15, 0.2) is 5.65 Å². The Kier molecular flexibility index (Phi) is 1.84. The number of halogens is 1. The molecule has 2 aromatic heterocycles. The van der Waals surface area contributed by atoms with Crippen molar-refractivity contribution in [2.45, 2.75) is 13.3 Å². The minimum absolute atomic E-state index is 0.890. The second kappa shape index (κ2) is 2.86. The molecular formula is C8H8BrN3. The predicted molar refractivity (Wildman–Crippen MR) is 50.1 cm³/mol. The van der Waals surface area contributed by atoms with Crippen molar-refractivity contribution in [1.82, 2.24) is 14.4 Å². The smallest absolute Gasteiger partial charge is 0.156 e. The number of aryl methyl sites for hydroxylation is 1. The third kappa shape index (κ3) is 1.03. The molecule has 0 N–H and O–H groups in total. The second-order valence-electron chi connectivity index (χ2n) is 2.51. The van der Waals surface area contributed by atoms with E-state index in [0.717, 1.165) is 22.4 Å². The van der Waals surface area contributed by atoms with Gasteiger partial charge in [-0.25, -0.2) is 4.98 Å². The molecule has 62 valence electrons. The zero-order valence-electron chi connectivity index (χ0n) is 6.66. The summed E-state index contributed by atoms with van der Waals surface area (Å²) in [4.78, 5) is 8.38. The van der Waals surface area contributed by atoms with Gasteiger partial charge in [-0.15, -0.1) is 0 Å². The summed E-state index contributed by atoms with van der Waals surface area (Å²) in [5.41, 5.74) is 1.96. The van der Waals surface area contributed by atoms with Crippen molar-refractivity contribution < 1.29 is 0 Å². The van der Waals surface area contributed by atoms with E-state index in [1.54, 1.807) is 12.4 Å². The molecule has 0 radical (unpaired) electrons. The van der Waals surface area contributed by atoms with Crippen LogP contribution in [0.15, 0.2) is 23.2 Å². The van der Waals surface area contributed by atoms with E-state index < -0.39 is 0 Å². The van der Waals surface area contributed by atoms with Gasteiger partial charge in [-0.3, -0.25) is 9.38 Å². The highest BCUT2D eigenvalue weighted by molar-refractivity contribution is 9.10. The quantitative estimate of drug-likeness (QED) is 0.744. The van der Waals surface area contributed by atoms with E-state index in [1.165, 1.54) is 0 Å². The predicted octanol–water partition coefficient (Wildman–Crippen LogP) is 2.05. The second-order valence-corrected chi connectivity index (χ2v) is 3.26. The maximum Gasteiger partial charge on any atom is 0.156 e. The molecule has 0 atom stereocenters. The van der Waals surface area contributed by atoms with Gasteiger partial charge in [-0.1, -0.05) is 6.92 Å². The Bertz CT molecular complexity index is 408. The Morgan fingerprint density at radius 3 is 3.08 bits per heavy atom. The zero-order valence-corrected chi connectivity index (χ0v) is 8.24. The third-order valence-electron chi connectivity index (χ3n) is 1.77. The molecule has 0 spiro atoms. The first-order valence-corrected chi connectivity index (χ1v) is 4.58. The van der Waals surface area contributed by atoms with Gasteiger partial charge in [0.05, 0.1) is 11.9 Å². The lowest BCUT2D eigenvalue weighted by Gasteiger charge is -1.91. The SMILES string of the molecule is CCc1nc2cnccn2c1Br. The van der Waals surface area contributed by atoms with Crippen LogP contribution in [-0.4, -0.2) is 14.4 Å². The molecule has 0 aliphatic rings. The van der Waals surface area contributed by atoms with Crippen molar-refractivity contribution in [3.63, 3.8) is 0 Å². The van der Waals surface area contributed by atoms with Crippen LogP contribution in [0.2, 0.25) is 0 Å². The monoisotopic (exact) mass is 225 g/mol. The van der Waals surface area contributed by atoms with Crippen LogP contribution in [0.4, 0.5) is 0 Å². The highest BCUT2D eigenvalue weighted by Crippen LogP contribution is 2.17. The molecule has 0 bridgehead atoms. The summed E-state index contributed by atoms with van der Waals surface area (Å²) in [5, 5.41) is 0. The molecule has 0 amide bonds. The molecule has 0 aliphatic carbocycles. The highest BCUT2D eigenvalue weighted by Gasteiger charge is 2.05. The Labute approximate surface area is 78.6 Å². The minimum atomic E-state index is 0.890. The van der Waals surface area contributed by atoms with E-state index in [-0.39, 0.29) is 0 Å². The standard InChI is InChI=1S/C8H8BrN3/c1-2-6-8(9)12-4-3-10-5-7(12)11-6/h3-5H,2H2,1H3. The topological polar surface area (TPSA) is 30.2 Å². The molecule has 3 nitrogen and oxygen atoms in total. The molecule has 0 unspecified atom stereocenters. The van der Waals surface area contributed by atoms with Crippen molar-refractivity contribution in [2.75, 3.05) is 0 Å². The van der Waals surface area contributed by atoms with Crippen molar-refractivity contribution in [2.24, 2.45) is 0 Å². The molecule has 4 heteroatoms. The van der Waals surface area contributed by atoms with Crippen LogP contribution in [0.5, 0.6) is 0 Å². The van der Waals surface area contributed by atoms with Gasteiger partial charge in [0.25, 0.3) is 0 Å². The van der Waals surface area contributed by atoms with Crippen molar-refractivity contribution >= 4 is 21.6 Å². The average Bonchev–Trinajstić information content (AvgIpc) is 2.44. The van der Waals surface area contributed by atoms with Crippen LogP contribution in [0.3, 0.4) is 0 Å². The Balaban J connectivity index is 2.78. The fraction of sp³-hybridized carbons (Fsp3) is 0.250. The summed E-state index contributed by atoms with van der Waals surface area (Å²) in [7, 11) is 0. The molecule has 0 saturated heterocycles. The average molecular weight is 226 g/mol. The molecule has 2 aromatic rings. The van der Waals surface area contributed by atoms with Gasteiger partial charge in [-0.05, 0) is 22.4 Å². The number of rotatable bonds is 1. The van der Waals surface area contributed by atoms with Crippen LogP contribution >= 0.6 is 15.9 Å². The number of aromatic nitrogens is 3. The maximum absolute atomic E-state index is 4.38. The summed E-state index contributed by atoms with van der Waals surface area (Å²) >= 11 is 3.48. The first-order chi connectivity index (χ1) is 5.83. The molecule has 2 rings (SSSR count). The van der Waals surface area contributed by atoms with Crippen LogP contribution in [0, 0.1) is 0 Å². The van der Waals surface area contributed by atoms with E-state index in [4.69, 9.17) is 0 Å². The largest absolute Gasteiger partial charge is 0.291 e. The fourth-order valence-electron chi connectivity index (χ4n) is 1.15. The van der Waals surface area contributed by atoms with Crippen LogP contribution in [-0.2, 0) is 6.42 Å². The summed E-state index contributed by atoms with van der Waals surface area (Å²) < 4.78 is 3.01. The third-order valence-corrected chi connectivity index (χ3v) is 2.61. The fourth-order valence-corrected chi connectivity index (χ4v) is 1.82. The molecular weight excluding hydrogens is 218 g/mol. The minimum Gasteiger partial charge on any atom is -0.291 e. The normalized spacial score (nSPS) is 10.8. The molecule has 0 aromatic carbocycles. The Hall–Kier alpha value is -0.900. The molecule has 0 saturated carbocycles. The van der Waals surface area contributed by atoms with Crippen LogP contribution in [0.25, 0.3) is 5.65 Å². The number of nitrogens with zero attached hydrogens (tertiary/aromatic N) is 3. The molecule has 12 heavy (non-hydrogen) atoms. The van der Waals surface area contributed by atoms with E-state index in [0.29, 0.717) is 0 Å². The number of hydrogen-bond acceptors (Lipinski definition) is 2. The van der Waals surface area contributed by atoms with Gasteiger partial charge in [-0.2, -0.15) is 0 Å². The zero-order chi connectivity index (χ0) is 8.55. The van der Waals surface area contributed by atoms with Crippen molar-refractivity contribution in [3.8, 4) is 0 Å². The van der Waals surface area contributed by atoms with E-state index in [2.05, 4.69) is 32.8 Å². The first kappa shape index (κ1) is 7.73. The number of hydrogen-bond donors (Lipinski definition) is 0. The maximum atomic E-state index is 4.38. The van der Waals surface area contributed by atoms with Gasteiger partial charge >= 0.3 is 0 Å². The summed E-state index contributed by atoms with van der Waals surface area (Å²) in [6.45, 7) is 2.08. The molecule has 2 heterocycles. The molecule has 0 aliphatic heterocycles. The first-order valence-electron chi connectivity index (χ1n) is 3.79. The van der Waals surface area contributed by atoms with Crippen molar-refractivity contribution in [3.05, 3.63) is 28.9 Å². The number of imidazole rings is 1. The van der Waals surface area contributed by atoms with Crippen LogP contribution < -0.4 is 0 Å². The number of fused-ring (bicyclic) bond motifs is 1. The van der Waals surface area contributed by atoms with Gasteiger partial charge < -0.3 is 0 Å². The van der Waals surface area contributed by atoms with Gasteiger partial charge in [0, 0.05) is 12.4 Å². The molecule has 0 fully saturated rings. The summed E-state index contributed by atoms with van der Waals surface area (Å²) in [5.74, 6) is 0. The van der Waals surface area contributed by atoms with Gasteiger partial charge in [0.1, 0.15) is 4.60 Å². The highest BCUT2D eigenvalue weighted by atomic mass is 79.9. The lowest BCUT2D eigenvalue weighted by atomic mass is 10.4. The van der Waals surface area contributed by atoms with E-state index in [1.807, 2.05) is 10.6 Å². The van der Waals surface area contributed by atoms with Gasteiger partial charge in [0.2, 0.25) is 0 Å².